The van der Waals surface area contributed by atoms with Crippen LogP contribution in [0.1, 0.15) is 27.2 Å². The van der Waals surface area contributed by atoms with Crippen molar-refractivity contribution >= 4 is 39.1 Å². The Morgan fingerprint density at radius 3 is 2.31 bits per heavy atom. The summed E-state index contributed by atoms with van der Waals surface area (Å²) in [7, 11) is -3.69. The first kappa shape index (κ1) is 23.1. The first-order valence-electron chi connectivity index (χ1n) is 9.56. The molecule has 2 aromatic carbocycles. The maximum absolute atomic E-state index is 13.1. The molecule has 0 radical (unpaired) electrons. The van der Waals surface area contributed by atoms with Crippen LogP contribution in [0.4, 0.5) is 11.4 Å². The van der Waals surface area contributed by atoms with Gasteiger partial charge in [-0.1, -0.05) is 26.0 Å². The molecule has 0 unspecified atom stereocenters. The van der Waals surface area contributed by atoms with Gasteiger partial charge in [-0.25, -0.2) is 8.42 Å². The number of hydrogen-bond donors (Lipinski definition) is 1. The monoisotopic (exact) mass is 436 g/mol. The van der Waals surface area contributed by atoms with Crippen LogP contribution in [0.2, 0.25) is 0 Å². The van der Waals surface area contributed by atoms with E-state index in [4.69, 9.17) is 4.74 Å². The van der Waals surface area contributed by atoms with Gasteiger partial charge >= 0.3 is 0 Å². The molecule has 2 rings (SSSR count). The average molecular weight is 437 g/mol. The predicted molar refractivity (Wildman–Crippen MR) is 120 cm³/mol. The van der Waals surface area contributed by atoms with Crippen molar-refractivity contribution in [1.82, 2.24) is 0 Å². The Bertz CT molecular complexity index is 915. The molecule has 2 aromatic rings. The van der Waals surface area contributed by atoms with Gasteiger partial charge in [-0.15, -0.1) is 11.8 Å². The van der Waals surface area contributed by atoms with Gasteiger partial charge < -0.3 is 10.1 Å². The third kappa shape index (κ3) is 6.14. The summed E-state index contributed by atoms with van der Waals surface area (Å²) in [6.07, 6.45) is 1.44. The SMILES string of the molecule is CCOc1ccc(N([C@H](CC)C(=O)Nc2ccccc2SCC)S(C)(=O)=O)cc1. The maximum Gasteiger partial charge on any atom is 0.248 e. The van der Waals surface area contributed by atoms with E-state index in [0.29, 0.717) is 30.2 Å². The Morgan fingerprint density at radius 1 is 1.10 bits per heavy atom. The van der Waals surface area contributed by atoms with E-state index in [1.807, 2.05) is 38.1 Å². The van der Waals surface area contributed by atoms with Gasteiger partial charge in [0.25, 0.3) is 0 Å². The molecule has 1 atom stereocenters. The van der Waals surface area contributed by atoms with Crippen molar-refractivity contribution in [3.05, 3.63) is 48.5 Å². The minimum Gasteiger partial charge on any atom is -0.494 e. The molecule has 0 aliphatic rings. The van der Waals surface area contributed by atoms with Crippen molar-refractivity contribution in [1.29, 1.82) is 0 Å². The Labute approximate surface area is 177 Å². The van der Waals surface area contributed by atoms with Crippen LogP contribution in [0.15, 0.2) is 53.4 Å². The van der Waals surface area contributed by atoms with E-state index in [-0.39, 0.29) is 5.91 Å². The number of amides is 1. The highest BCUT2D eigenvalue weighted by Crippen LogP contribution is 2.29. The fourth-order valence-corrected chi connectivity index (χ4v) is 4.96. The number of anilines is 2. The second-order valence-electron chi connectivity index (χ2n) is 6.33. The molecule has 29 heavy (non-hydrogen) atoms. The normalized spacial score (nSPS) is 12.3. The lowest BCUT2D eigenvalue weighted by atomic mass is 10.1. The molecule has 6 nitrogen and oxygen atoms in total. The summed E-state index contributed by atoms with van der Waals surface area (Å²) in [4.78, 5) is 14.0. The fraction of sp³-hybridized carbons (Fsp3) is 0.381. The van der Waals surface area contributed by atoms with Crippen LogP contribution < -0.4 is 14.4 Å². The zero-order valence-electron chi connectivity index (χ0n) is 17.2. The van der Waals surface area contributed by atoms with Gasteiger partial charge in [-0.2, -0.15) is 0 Å². The standard InChI is InChI=1S/C21H28N2O4S2/c1-5-19(21(24)22-18-10-8-9-11-20(18)28-7-3)23(29(4,25)26)16-12-14-17(15-13-16)27-6-2/h8-15,19H,5-7H2,1-4H3,(H,22,24)/t19-/m1/s1. The molecular formula is C21H28N2O4S2. The van der Waals surface area contributed by atoms with Crippen molar-refractivity contribution in [2.75, 3.05) is 28.2 Å². The average Bonchev–Trinajstić information content (AvgIpc) is 2.68. The Morgan fingerprint density at radius 2 is 1.76 bits per heavy atom. The molecule has 8 heteroatoms. The van der Waals surface area contributed by atoms with E-state index in [0.717, 1.165) is 16.9 Å². The number of nitrogens with zero attached hydrogens (tertiary/aromatic N) is 1. The number of thioether (sulfide) groups is 1. The van der Waals surface area contributed by atoms with Crippen molar-refractivity contribution in [3.63, 3.8) is 0 Å². The van der Waals surface area contributed by atoms with E-state index in [9.17, 15) is 13.2 Å². The summed E-state index contributed by atoms with van der Waals surface area (Å²) in [5.41, 5.74) is 1.11. The van der Waals surface area contributed by atoms with Crippen LogP contribution in [0.25, 0.3) is 0 Å². The summed E-state index contributed by atoms with van der Waals surface area (Å²) < 4.78 is 31.8. The van der Waals surface area contributed by atoms with Crippen LogP contribution >= 0.6 is 11.8 Å². The van der Waals surface area contributed by atoms with E-state index in [1.165, 1.54) is 4.31 Å². The molecule has 1 amide bonds. The summed E-state index contributed by atoms with van der Waals surface area (Å²) in [6, 6.07) is 13.4. The number of carbonyl (C=O) groups is 1. The highest BCUT2D eigenvalue weighted by Gasteiger charge is 2.31. The lowest BCUT2D eigenvalue weighted by molar-refractivity contribution is -0.117. The molecule has 0 saturated heterocycles. The number of ether oxygens (including phenoxy) is 1. The zero-order valence-corrected chi connectivity index (χ0v) is 18.8. The van der Waals surface area contributed by atoms with Gasteiger partial charge in [0.15, 0.2) is 0 Å². The second kappa shape index (κ2) is 10.5. The van der Waals surface area contributed by atoms with Crippen LogP contribution in [0.5, 0.6) is 5.75 Å². The number of rotatable bonds is 10. The second-order valence-corrected chi connectivity index (χ2v) is 9.49. The summed E-state index contributed by atoms with van der Waals surface area (Å²) in [5, 5.41) is 2.91. The number of benzene rings is 2. The molecule has 0 heterocycles. The van der Waals surface area contributed by atoms with Gasteiger partial charge in [-0.3, -0.25) is 9.10 Å². The van der Waals surface area contributed by atoms with E-state index in [1.54, 1.807) is 43.0 Å². The molecule has 0 aromatic heterocycles. The largest absolute Gasteiger partial charge is 0.494 e. The molecule has 0 fully saturated rings. The predicted octanol–water partition coefficient (Wildman–Crippen LogP) is 4.38. The van der Waals surface area contributed by atoms with Crippen LogP contribution in [-0.4, -0.2) is 39.0 Å². The third-order valence-corrected chi connectivity index (χ3v) is 6.31. The van der Waals surface area contributed by atoms with Crippen LogP contribution in [0, 0.1) is 0 Å². The lowest BCUT2D eigenvalue weighted by Gasteiger charge is -2.30. The molecular weight excluding hydrogens is 408 g/mol. The van der Waals surface area contributed by atoms with Crippen molar-refractivity contribution < 1.29 is 17.9 Å². The lowest BCUT2D eigenvalue weighted by Crippen LogP contribution is -2.47. The van der Waals surface area contributed by atoms with E-state index < -0.39 is 16.1 Å². The number of hydrogen-bond acceptors (Lipinski definition) is 5. The summed E-state index contributed by atoms with van der Waals surface area (Å²) >= 11 is 1.62. The quantitative estimate of drug-likeness (QED) is 0.560. The van der Waals surface area contributed by atoms with Crippen LogP contribution in [0.3, 0.4) is 0 Å². The molecule has 0 aliphatic heterocycles. The Kier molecular flexibility index (Phi) is 8.40. The molecule has 0 bridgehead atoms. The molecule has 1 N–H and O–H groups in total. The molecule has 0 spiro atoms. The highest BCUT2D eigenvalue weighted by atomic mass is 32.2. The first-order chi connectivity index (χ1) is 13.8. The Balaban J connectivity index is 2.35. The fourth-order valence-electron chi connectivity index (χ4n) is 2.98. The summed E-state index contributed by atoms with van der Waals surface area (Å²) in [5.74, 6) is 1.15. The van der Waals surface area contributed by atoms with Gasteiger partial charge in [0.1, 0.15) is 11.8 Å². The van der Waals surface area contributed by atoms with Gasteiger partial charge in [0, 0.05) is 4.90 Å². The number of sulfonamides is 1. The minimum absolute atomic E-state index is 0.329. The number of carbonyl (C=O) groups excluding carboxylic acids is 1. The third-order valence-electron chi connectivity index (χ3n) is 4.18. The van der Waals surface area contributed by atoms with Crippen molar-refractivity contribution in [2.24, 2.45) is 0 Å². The topological polar surface area (TPSA) is 75.7 Å². The van der Waals surface area contributed by atoms with Crippen molar-refractivity contribution in [2.45, 2.75) is 38.1 Å². The highest BCUT2D eigenvalue weighted by molar-refractivity contribution is 7.99. The van der Waals surface area contributed by atoms with E-state index in [2.05, 4.69) is 5.32 Å². The van der Waals surface area contributed by atoms with Crippen molar-refractivity contribution in [3.8, 4) is 5.75 Å². The molecule has 158 valence electrons. The first-order valence-corrected chi connectivity index (χ1v) is 12.4. The van der Waals surface area contributed by atoms with Gasteiger partial charge in [-0.05, 0) is 55.5 Å². The van der Waals surface area contributed by atoms with Gasteiger partial charge in [0.2, 0.25) is 15.9 Å². The Hall–Kier alpha value is -2.19. The summed E-state index contributed by atoms with van der Waals surface area (Å²) in [6.45, 7) is 6.23. The van der Waals surface area contributed by atoms with E-state index >= 15 is 0 Å². The minimum atomic E-state index is -3.69. The number of nitrogens with one attached hydrogen (secondary N) is 1. The molecule has 0 aliphatic carbocycles. The van der Waals surface area contributed by atoms with Crippen LogP contribution in [-0.2, 0) is 14.8 Å². The van der Waals surface area contributed by atoms with Gasteiger partial charge in [0.05, 0.1) is 24.2 Å². The maximum atomic E-state index is 13.1. The number of para-hydroxylation sites is 1. The smallest absolute Gasteiger partial charge is 0.248 e. The zero-order chi connectivity index (χ0) is 21.4. The molecule has 0 saturated carbocycles.